The minimum absolute atomic E-state index is 0.140. The largest absolute Gasteiger partial charge is 0.364 e. The molecule has 0 saturated heterocycles. The minimum Gasteiger partial charge on any atom is -0.364 e. The van der Waals surface area contributed by atoms with Gasteiger partial charge in [0.1, 0.15) is 0 Å². The molecule has 0 bridgehead atoms. The molecule has 1 rings (SSSR count). The molecule has 92 valence electrons. The molecule has 3 N–H and O–H groups in total. The normalized spacial score (nSPS) is 9.59. The zero-order chi connectivity index (χ0) is 12.8. The van der Waals surface area contributed by atoms with Gasteiger partial charge in [0.15, 0.2) is 5.11 Å². The first-order chi connectivity index (χ1) is 8.02. The van der Waals surface area contributed by atoms with E-state index in [2.05, 4.69) is 32.1 Å². The number of hydrogen-bond donors (Lipinski definition) is 3. The number of carbonyl (C=O) groups excluding carboxylic acids is 1. The van der Waals surface area contributed by atoms with Crippen molar-refractivity contribution < 1.29 is 4.79 Å². The number of hydrazine groups is 1. The fourth-order valence-electron chi connectivity index (χ4n) is 1.16. The third-order valence-corrected chi connectivity index (χ3v) is 3.30. The molecule has 0 heterocycles. The summed E-state index contributed by atoms with van der Waals surface area (Å²) in [5.41, 5.74) is 7.18. The van der Waals surface area contributed by atoms with Gasteiger partial charge in [0.25, 0.3) is 0 Å². The van der Waals surface area contributed by atoms with Crippen LogP contribution in [0.15, 0.2) is 22.7 Å². The average molecular weight is 316 g/mol. The maximum Gasteiger partial charge on any atom is 0.242 e. The zero-order valence-corrected chi connectivity index (χ0v) is 12.0. The summed E-state index contributed by atoms with van der Waals surface area (Å²) < 4.78 is 1.00. The van der Waals surface area contributed by atoms with Crippen molar-refractivity contribution in [2.75, 3.05) is 7.05 Å². The lowest BCUT2D eigenvalue weighted by molar-refractivity contribution is -0.121. The number of rotatable bonds is 2. The molecule has 0 radical (unpaired) electrons. The van der Waals surface area contributed by atoms with Crippen molar-refractivity contribution in [1.29, 1.82) is 0 Å². The van der Waals surface area contributed by atoms with Crippen molar-refractivity contribution in [3.05, 3.63) is 33.8 Å². The highest BCUT2D eigenvalue weighted by Crippen LogP contribution is 2.17. The monoisotopic (exact) mass is 315 g/mol. The predicted molar refractivity (Wildman–Crippen MR) is 75.5 cm³/mol. The molecule has 6 heteroatoms. The van der Waals surface area contributed by atoms with E-state index in [1.165, 1.54) is 0 Å². The van der Waals surface area contributed by atoms with Crippen LogP contribution in [-0.2, 0) is 11.2 Å². The molecule has 4 nitrogen and oxygen atoms in total. The Morgan fingerprint density at radius 1 is 1.41 bits per heavy atom. The number of carbonyl (C=O) groups is 1. The number of amides is 1. The first kappa shape index (κ1) is 13.9. The molecule has 0 saturated carbocycles. The van der Waals surface area contributed by atoms with Gasteiger partial charge >= 0.3 is 0 Å². The van der Waals surface area contributed by atoms with E-state index >= 15 is 0 Å². The van der Waals surface area contributed by atoms with Gasteiger partial charge < -0.3 is 5.32 Å². The van der Waals surface area contributed by atoms with Crippen LogP contribution in [0.5, 0.6) is 0 Å². The Morgan fingerprint density at radius 2 is 2.12 bits per heavy atom. The van der Waals surface area contributed by atoms with E-state index < -0.39 is 0 Å². The van der Waals surface area contributed by atoms with E-state index in [4.69, 9.17) is 12.2 Å². The molecule has 0 aliphatic heterocycles. The summed E-state index contributed by atoms with van der Waals surface area (Å²) in [4.78, 5) is 11.6. The SMILES string of the molecule is CNC(=S)NNC(=O)Cc1ccc(C)c(Br)c1. The van der Waals surface area contributed by atoms with Crippen LogP contribution in [0.4, 0.5) is 0 Å². The quantitative estimate of drug-likeness (QED) is 0.571. The Bertz CT molecular complexity index is 437. The summed E-state index contributed by atoms with van der Waals surface area (Å²) in [6, 6.07) is 5.83. The number of hydrogen-bond acceptors (Lipinski definition) is 2. The van der Waals surface area contributed by atoms with Gasteiger partial charge in [-0.2, -0.15) is 0 Å². The molecule has 1 aromatic rings. The van der Waals surface area contributed by atoms with Crippen LogP contribution >= 0.6 is 28.1 Å². The first-order valence-electron chi connectivity index (χ1n) is 5.04. The molecule has 0 unspecified atom stereocenters. The number of benzene rings is 1. The standard InChI is InChI=1S/C11H14BrN3OS/c1-7-3-4-8(5-9(7)12)6-10(16)14-15-11(17)13-2/h3-5H,6H2,1-2H3,(H,14,16)(H2,13,15,17). The molecule has 0 fully saturated rings. The van der Waals surface area contributed by atoms with Gasteiger partial charge in [0, 0.05) is 11.5 Å². The predicted octanol–water partition coefficient (Wildman–Crippen LogP) is 1.43. The van der Waals surface area contributed by atoms with Crippen molar-refractivity contribution in [3.63, 3.8) is 0 Å². The third-order valence-electron chi connectivity index (χ3n) is 2.14. The van der Waals surface area contributed by atoms with E-state index in [0.29, 0.717) is 11.5 Å². The zero-order valence-electron chi connectivity index (χ0n) is 9.63. The average Bonchev–Trinajstić information content (AvgIpc) is 2.31. The summed E-state index contributed by atoms with van der Waals surface area (Å²) in [5.74, 6) is -0.140. The van der Waals surface area contributed by atoms with Crippen molar-refractivity contribution in [1.82, 2.24) is 16.2 Å². The lowest BCUT2D eigenvalue weighted by atomic mass is 10.1. The summed E-state index contributed by atoms with van der Waals surface area (Å²) in [7, 11) is 1.68. The summed E-state index contributed by atoms with van der Waals surface area (Å²) in [6.07, 6.45) is 0.304. The smallest absolute Gasteiger partial charge is 0.242 e. The van der Waals surface area contributed by atoms with E-state index in [9.17, 15) is 4.79 Å². The van der Waals surface area contributed by atoms with Gasteiger partial charge in [-0.3, -0.25) is 15.6 Å². The molecule has 0 aliphatic rings. The van der Waals surface area contributed by atoms with Crippen LogP contribution in [0, 0.1) is 6.92 Å². The van der Waals surface area contributed by atoms with Crippen LogP contribution in [0.1, 0.15) is 11.1 Å². The molecule has 0 aromatic heterocycles. The minimum atomic E-state index is -0.140. The van der Waals surface area contributed by atoms with E-state index in [1.54, 1.807) is 7.05 Å². The highest BCUT2D eigenvalue weighted by Gasteiger charge is 2.04. The van der Waals surface area contributed by atoms with Gasteiger partial charge in [-0.15, -0.1) is 0 Å². The molecular formula is C11H14BrN3OS. The second-order valence-corrected chi connectivity index (χ2v) is 4.78. The lowest BCUT2D eigenvalue weighted by Crippen LogP contribution is -2.46. The van der Waals surface area contributed by atoms with Crippen molar-refractivity contribution in [3.8, 4) is 0 Å². The molecule has 0 aliphatic carbocycles. The number of nitrogens with one attached hydrogen (secondary N) is 3. The van der Waals surface area contributed by atoms with Crippen molar-refractivity contribution >= 4 is 39.2 Å². The van der Waals surface area contributed by atoms with Crippen LogP contribution in [0.2, 0.25) is 0 Å². The molecular weight excluding hydrogens is 302 g/mol. The fraction of sp³-hybridized carbons (Fsp3) is 0.273. The molecule has 0 atom stereocenters. The molecule has 1 amide bonds. The maximum atomic E-state index is 11.6. The lowest BCUT2D eigenvalue weighted by Gasteiger charge is -2.09. The fourth-order valence-corrected chi connectivity index (χ4v) is 1.64. The molecule has 17 heavy (non-hydrogen) atoms. The number of thiocarbonyl (C=S) groups is 1. The summed E-state index contributed by atoms with van der Waals surface area (Å²) in [5, 5.41) is 3.08. The van der Waals surface area contributed by atoms with Gasteiger partial charge in [-0.1, -0.05) is 28.1 Å². The second kappa shape index (κ2) is 6.56. The Morgan fingerprint density at radius 3 is 2.71 bits per heavy atom. The Balaban J connectivity index is 2.50. The Kier molecular flexibility index (Phi) is 5.37. The molecule has 0 spiro atoms. The van der Waals surface area contributed by atoms with E-state index in [-0.39, 0.29) is 5.91 Å². The number of halogens is 1. The third kappa shape index (κ3) is 4.70. The highest BCUT2D eigenvalue weighted by molar-refractivity contribution is 9.10. The van der Waals surface area contributed by atoms with Crippen LogP contribution in [0.25, 0.3) is 0 Å². The van der Waals surface area contributed by atoms with Crippen molar-refractivity contribution in [2.24, 2.45) is 0 Å². The topological polar surface area (TPSA) is 53.2 Å². The van der Waals surface area contributed by atoms with Crippen LogP contribution < -0.4 is 16.2 Å². The van der Waals surface area contributed by atoms with Gasteiger partial charge in [-0.25, -0.2) is 0 Å². The maximum absolute atomic E-state index is 11.6. The van der Waals surface area contributed by atoms with Gasteiger partial charge in [0.05, 0.1) is 6.42 Å². The number of aryl methyl sites for hydroxylation is 1. The Hall–Kier alpha value is -1.14. The summed E-state index contributed by atoms with van der Waals surface area (Å²) in [6.45, 7) is 2.00. The highest BCUT2D eigenvalue weighted by atomic mass is 79.9. The van der Waals surface area contributed by atoms with Gasteiger partial charge in [0.2, 0.25) is 5.91 Å². The van der Waals surface area contributed by atoms with Crippen LogP contribution in [0.3, 0.4) is 0 Å². The van der Waals surface area contributed by atoms with E-state index in [1.807, 2.05) is 25.1 Å². The second-order valence-electron chi connectivity index (χ2n) is 3.51. The van der Waals surface area contributed by atoms with Crippen molar-refractivity contribution in [2.45, 2.75) is 13.3 Å². The van der Waals surface area contributed by atoms with Gasteiger partial charge in [-0.05, 0) is 36.3 Å². The van der Waals surface area contributed by atoms with Crippen LogP contribution in [-0.4, -0.2) is 18.1 Å². The Labute approximate surface area is 114 Å². The van der Waals surface area contributed by atoms with E-state index in [0.717, 1.165) is 15.6 Å². The summed E-state index contributed by atoms with van der Waals surface area (Å²) >= 11 is 8.26. The first-order valence-corrected chi connectivity index (χ1v) is 6.24. The molecule has 1 aromatic carbocycles.